The summed E-state index contributed by atoms with van der Waals surface area (Å²) in [5.41, 5.74) is 1.18. The second kappa shape index (κ2) is 6.63. The first-order valence-corrected chi connectivity index (χ1v) is 9.46. The largest absolute Gasteiger partial charge is 0.331 e. The lowest BCUT2D eigenvalue weighted by Gasteiger charge is -2.32. The zero-order valence-electron chi connectivity index (χ0n) is 13.0. The fourth-order valence-corrected chi connectivity index (χ4v) is 5.09. The van der Waals surface area contributed by atoms with Crippen LogP contribution in [0.1, 0.15) is 29.1 Å². The highest BCUT2D eigenvalue weighted by Gasteiger charge is 2.45. The Labute approximate surface area is 150 Å². The van der Waals surface area contributed by atoms with E-state index >= 15 is 0 Å². The van der Waals surface area contributed by atoms with Crippen molar-refractivity contribution in [2.24, 2.45) is 0 Å². The van der Waals surface area contributed by atoms with Crippen LogP contribution in [-0.2, 0) is 6.54 Å². The Bertz CT molecular complexity index is 698. The van der Waals surface area contributed by atoms with E-state index in [-0.39, 0.29) is 16.8 Å². The molecule has 1 fully saturated rings. The van der Waals surface area contributed by atoms with Gasteiger partial charge in [-0.05, 0) is 30.9 Å². The molecule has 120 valence electrons. The van der Waals surface area contributed by atoms with E-state index in [1.807, 2.05) is 35.7 Å². The molecule has 1 saturated heterocycles. The van der Waals surface area contributed by atoms with Crippen LogP contribution < -0.4 is 5.32 Å². The number of thioether (sulfide) groups is 1. The molecule has 1 atom stereocenters. The normalized spacial score (nSPS) is 19.8. The van der Waals surface area contributed by atoms with Gasteiger partial charge >= 0.3 is 0 Å². The first-order valence-electron chi connectivity index (χ1n) is 7.35. The quantitative estimate of drug-likeness (QED) is 0.830. The van der Waals surface area contributed by atoms with Crippen LogP contribution in [-0.4, -0.2) is 26.0 Å². The number of nitrogens with zero attached hydrogens (tertiary/aromatic N) is 1. The van der Waals surface area contributed by atoms with Gasteiger partial charge in [-0.1, -0.05) is 60.4 Å². The second-order valence-electron chi connectivity index (χ2n) is 5.94. The minimum atomic E-state index is -0.168. The topological polar surface area (TPSA) is 32.3 Å². The zero-order chi connectivity index (χ0) is 16.4. The minimum Gasteiger partial charge on any atom is -0.331 e. The molecule has 3 nitrogen and oxygen atoms in total. The van der Waals surface area contributed by atoms with Crippen LogP contribution in [0.2, 0.25) is 0 Å². The molecule has 2 aromatic rings. The summed E-state index contributed by atoms with van der Waals surface area (Å²) in [6.07, 6.45) is -0.130. The van der Waals surface area contributed by atoms with E-state index in [1.165, 1.54) is 16.9 Å². The maximum absolute atomic E-state index is 12.5. The van der Waals surface area contributed by atoms with E-state index in [0.717, 1.165) is 9.20 Å². The van der Waals surface area contributed by atoms with Crippen molar-refractivity contribution >= 4 is 45.5 Å². The molecule has 0 aliphatic carbocycles. The lowest BCUT2D eigenvalue weighted by Crippen LogP contribution is -2.53. The predicted molar refractivity (Wildman–Crippen MR) is 102 cm³/mol. The smallest absolute Gasteiger partial charge is 0.262 e. The monoisotopic (exact) mass is 362 g/mol. The van der Waals surface area contributed by atoms with E-state index in [9.17, 15) is 4.79 Å². The number of nitrogens with one attached hydrogen (secondary N) is 1. The molecular weight excluding hydrogens is 344 g/mol. The molecule has 1 aromatic carbocycles. The summed E-state index contributed by atoms with van der Waals surface area (Å²) in [6, 6.07) is 13.9. The van der Waals surface area contributed by atoms with Crippen LogP contribution >= 0.6 is 35.3 Å². The number of rotatable bonds is 4. The number of thiophene rings is 1. The third kappa shape index (κ3) is 3.59. The van der Waals surface area contributed by atoms with Crippen LogP contribution in [0, 0.1) is 0 Å². The molecular formula is C17H18N2OS3. The molecule has 3 rings (SSSR count). The molecule has 23 heavy (non-hydrogen) atoms. The molecule has 1 amide bonds. The molecule has 0 saturated carbocycles. The Morgan fingerprint density at radius 2 is 2.00 bits per heavy atom. The van der Waals surface area contributed by atoms with E-state index in [4.69, 9.17) is 12.2 Å². The van der Waals surface area contributed by atoms with Gasteiger partial charge in [-0.3, -0.25) is 4.79 Å². The van der Waals surface area contributed by atoms with Gasteiger partial charge in [0.1, 0.15) is 10.5 Å². The maximum atomic E-state index is 12.5. The number of carbonyl (C=O) groups excluding carboxylic acids is 1. The minimum absolute atomic E-state index is 0.0403. The van der Waals surface area contributed by atoms with E-state index in [1.54, 1.807) is 11.8 Å². The number of thiocarbonyl (C=S) groups is 1. The molecule has 1 aliphatic heterocycles. The highest BCUT2D eigenvalue weighted by atomic mass is 32.2. The van der Waals surface area contributed by atoms with Crippen molar-refractivity contribution in [3.8, 4) is 0 Å². The summed E-state index contributed by atoms with van der Waals surface area (Å²) in [4.78, 5) is 15.3. The fourth-order valence-electron chi connectivity index (χ4n) is 2.61. The van der Waals surface area contributed by atoms with Gasteiger partial charge in [-0.15, -0.1) is 11.3 Å². The first-order chi connectivity index (χ1) is 11.0. The van der Waals surface area contributed by atoms with Crippen LogP contribution in [0.3, 0.4) is 0 Å². The number of carbonyl (C=O) groups is 1. The van der Waals surface area contributed by atoms with Crippen molar-refractivity contribution in [3.63, 3.8) is 0 Å². The summed E-state index contributed by atoms with van der Waals surface area (Å²) in [5, 5.41) is 5.07. The Hall–Kier alpha value is -1.37. The average Bonchev–Trinajstić information content (AvgIpc) is 3.11. The van der Waals surface area contributed by atoms with E-state index in [0.29, 0.717) is 6.54 Å². The molecule has 6 heteroatoms. The highest BCUT2D eigenvalue weighted by Crippen LogP contribution is 2.41. The van der Waals surface area contributed by atoms with Crippen LogP contribution in [0.4, 0.5) is 0 Å². The molecule has 1 aromatic heterocycles. The Kier molecular flexibility index (Phi) is 4.75. The number of hydrogen-bond donors (Lipinski definition) is 1. The van der Waals surface area contributed by atoms with Crippen molar-refractivity contribution in [3.05, 3.63) is 58.3 Å². The fraction of sp³-hybridized carbons (Fsp3) is 0.294. The van der Waals surface area contributed by atoms with E-state index < -0.39 is 0 Å². The van der Waals surface area contributed by atoms with Crippen molar-refractivity contribution in [2.75, 3.05) is 0 Å². The maximum Gasteiger partial charge on any atom is 0.262 e. The van der Waals surface area contributed by atoms with Gasteiger partial charge in [0.25, 0.3) is 5.91 Å². The highest BCUT2D eigenvalue weighted by molar-refractivity contribution is 8.24. The Balaban J connectivity index is 1.81. The van der Waals surface area contributed by atoms with Gasteiger partial charge in [0, 0.05) is 6.54 Å². The molecule has 2 heterocycles. The lowest BCUT2D eigenvalue weighted by molar-refractivity contribution is 0.0889. The Morgan fingerprint density at radius 1 is 1.26 bits per heavy atom. The molecule has 0 spiro atoms. The summed E-state index contributed by atoms with van der Waals surface area (Å²) in [6.45, 7) is 4.94. The molecule has 0 bridgehead atoms. The van der Waals surface area contributed by atoms with Gasteiger partial charge in [-0.2, -0.15) is 0 Å². The third-order valence-electron chi connectivity index (χ3n) is 3.76. The lowest BCUT2D eigenvalue weighted by atomic mass is 10.1. The third-order valence-corrected chi connectivity index (χ3v) is 6.28. The van der Waals surface area contributed by atoms with Crippen molar-refractivity contribution < 1.29 is 4.79 Å². The standard InChI is InChI=1S/C17H18N2OS3/c1-17(2)15(18-14(20)13-9-6-10-22-13)19(16(21)23-17)11-12-7-4-3-5-8-12/h3-10,15H,11H2,1-2H3,(H,18,20)/t15-/m1/s1. The average molecular weight is 363 g/mol. The van der Waals surface area contributed by atoms with Crippen LogP contribution in [0.15, 0.2) is 47.8 Å². The summed E-state index contributed by atoms with van der Waals surface area (Å²) < 4.78 is 0.661. The van der Waals surface area contributed by atoms with Crippen molar-refractivity contribution in [1.82, 2.24) is 10.2 Å². The van der Waals surface area contributed by atoms with Gasteiger partial charge in [0.15, 0.2) is 0 Å². The van der Waals surface area contributed by atoms with Crippen molar-refractivity contribution in [2.45, 2.75) is 31.3 Å². The molecule has 1 aliphatic rings. The predicted octanol–water partition coefficient (Wildman–Crippen LogP) is 4.12. The van der Waals surface area contributed by atoms with Gasteiger partial charge in [0.05, 0.1) is 9.62 Å². The zero-order valence-corrected chi connectivity index (χ0v) is 15.4. The first kappa shape index (κ1) is 16.5. The van der Waals surface area contributed by atoms with Gasteiger partial charge < -0.3 is 10.2 Å². The van der Waals surface area contributed by atoms with Gasteiger partial charge in [-0.25, -0.2) is 0 Å². The summed E-state index contributed by atoms with van der Waals surface area (Å²) >= 11 is 8.65. The van der Waals surface area contributed by atoms with E-state index in [2.05, 4.69) is 36.2 Å². The number of benzene rings is 1. The molecule has 1 N–H and O–H groups in total. The van der Waals surface area contributed by atoms with Crippen LogP contribution in [0.25, 0.3) is 0 Å². The SMILES string of the molecule is CC1(C)SC(=S)N(Cc2ccccc2)[C@H]1NC(=O)c1cccs1. The van der Waals surface area contributed by atoms with Gasteiger partial charge in [0.2, 0.25) is 0 Å². The van der Waals surface area contributed by atoms with Crippen LogP contribution in [0.5, 0.6) is 0 Å². The summed E-state index contributed by atoms with van der Waals surface area (Å²) in [5.74, 6) is -0.0403. The van der Waals surface area contributed by atoms with Crippen molar-refractivity contribution in [1.29, 1.82) is 0 Å². The molecule has 0 unspecified atom stereocenters. The molecule has 0 radical (unpaired) electrons. The number of amides is 1. The Morgan fingerprint density at radius 3 is 2.65 bits per heavy atom. The second-order valence-corrected chi connectivity index (χ2v) is 9.17. The summed E-state index contributed by atoms with van der Waals surface area (Å²) in [7, 11) is 0. The number of hydrogen-bond acceptors (Lipinski definition) is 4.